The van der Waals surface area contributed by atoms with E-state index in [0.717, 1.165) is 37.7 Å². The Morgan fingerprint density at radius 1 is 0.933 bits per heavy atom. The first-order valence-corrected chi connectivity index (χ1v) is 12.3. The first-order chi connectivity index (χ1) is 14.4. The maximum absolute atomic E-state index is 12.7. The molecule has 162 valence electrons. The largest absolute Gasteiger partial charge is 0.354 e. The summed E-state index contributed by atoms with van der Waals surface area (Å²) in [5.74, 6) is 0.0283. The molecule has 1 saturated heterocycles. The number of rotatable bonds is 9. The molecule has 0 bridgehead atoms. The van der Waals surface area contributed by atoms with Gasteiger partial charge in [0.2, 0.25) is 15.9 Å². The molecule has 1 N–H and O–H groups in total. The number of hydrogen-bond acceptors (Lipinski definition) is 3. The van der Waals surface area contributed by atoms with Gasteiger partial charge in [-0.15, -0.1) is 0 Å². The predicted molar refractivity (Wildman–Crippen MR) is 120 cm³/mol. The van der Waals surface area contributed by atoms with Crippen molar-refractivity contribution in [1.82, 2.24) is 9.62 Å². The minimum atomic E-state index is -3.40. The molecular formula is C24H32N2O3S. The minimum absolute atomic E-state index is 0.0283. The van der Waals surface area contributed by atoms with Crippen LogP contribution in [0.15, 0.2) is 59.5 Å². The molecule has 1 heterocycles. The van der Waals surface area contributed by atoms with E-state index in [-0.39, 0.29) is 11.9 Å². The second kappa shape index (κ2) is 10.7. The molecule has 30 heavy (non-hydrogen) atoms. The standard InChI is InChI=1S/C24H32N2O3S/c1-20(10-11-21-8-4-2-5-9-21)25-24(27)17-14-22-12-15-23(16-13-22)30(28,29)26-18-6-3-7-19-26/h2,4-5,8-9,12-13,15-16,20H,3,6-7,10-11,14,17-19H2,1H3,(H,25,27)/t20-/m1/s1. The Hall–Kier alpha value is -2.18. The van der Waals surface area contributed by atoms with Gasteiger partial charge >= 0.3 is 0 Å². The van der Waals surface area contributed by atoms with Gasteiger partial charge in [-0.05, 0) is 62.3 Å². The first-order valence-electron chi connectivity index (χ1n) is 10.9. The number of sulfonamides is 1. The highest BCUT2D eigenvalue weighted by Gasteiger charge is 2.25. The van der Waals surface area contributed by atoms with E-state index in [0.29, 0.717) is 30.8 Å². The van der Waals surface area contributed by atoms with E-state index >= 15 is 0 Å². The van der Waals surface area contributed by atoms with E-state index in [4.69, 9.17) is 0 Å². The van der Waals surface area contributed by atoms with Crippen LogP contribution in [0.5, 0.6) is 0 Å². The fourth-order valence-corrected chi connectivity index (χ4v) is 5.30. The van der Waals surface area contributed by atoms with E-state index in [9.17, 15) is 13.2 Å². The molecule has 0 aliphatic carbocycles. The minimum Gasteiger partial charge on any atom is -0.354 e. The predicted octanol–water partition coefficient (Wildman–Crippen LogP) is 3.93. The SMILES string of the molecule is C[C@H](CCc1ccccc1)NC(=O)CCc1ccc(S(=O)(=O)N2CCCCC2)cc1. The maximum atomic E-state index is 12.7. The lowest BCUT2D eigenvalue weighted by Gasteiger charge is -2.25. The van der Waals surface area contributed by atoms with Crippen molar-refractivity contribution in [2.24, 2.45) is 0 Å². The maximum Gasteiger partial charge on any atom is 0.243 e. The van der Waals surface area contributed by atoms with Crippen molar-refractivity contribution in [3.05, 3.63) is 65.7 Å². The Morgan fingerprint density at radius 3 is 2.23 bits per heavy atom. The average Bonchev–Trinajstić information content (AvgIpc) is 2.78. The molecular weight excluding hydrogens is 396 g/mol. The molecule has 1 aliphatic rings. The number of benzene rings is 2. The van der Waals surface area contributed by atoms with Gasteiger partial charge < -0.3 is 5.32 Å². The summed E-state index contributed by atoms with van der Waals surface area (Å²) in [5.41, 5.74) is 2.25. The van der Waals surface area contributed by atoms with Crippen LogP contribution >= 0.6 is 0 Å². The third-order valence-corrected chi connectivity index (χ3v) is 7.55. The van der Waals surface area contributed by atoms with Crippen molar-refractivity contribution in [3.63, 3.8) is 0 Å². The average molecular weight is 429 g/mol. The fraction of sp³-hybridized carbons (Fsp3) is 0.458. The molecule has 0 unspecified atom stereocenters. The van der Waals surface area contributed by atoms with Gasteiger partial charge in [-0.2, -0.15) is 4.31 Å². The topological polar surface area (TPSA) is 66.5 Å². The second-order valence-electron chi connectivity index (χ2n) is 8.10. The zero-order valence-corrected chi connectivity index (χ0v) is 18.5. The number of hydrogen-bond donors (Lipinski definition) is 1. The van der Waals surface area contributed by atoms with Crippen LogP contribution in [0.3, 0.4) is 0 Å². The molecule has 0 spiro atoms. The van der Waals surface area contributed by atoms with E-state index in [1.807, 2.05) is 37.3 Å². The van der Waals surface area contributed by atoms with Gasteiger partial charge in [0.05, 0.1) is 4.90 Å². The van der Waals surface area contributed by atoms with Crippen molar-refractivity contribution >= 4 is 15.9 Å². The Kier molecular flexibility index (Phi) is 8.05. The van der Waals surface area contributed by atoms with Crippen molar-refractivity contribution in [2.45, 2.75) is 62.8 Å². The summed E-state index contributed by atoms with van der Waals surface area (Å²) < 4.78 is 27.0. The van der Waals surface area contributed by atoms with Crippen LogP contribution in [-0.2, 0) is 27.7 Å². The summed E-state index contributed by atoms with van der Waals surface area (Å²) in [6.45, 7) is 3.24. The van der Waals surface area contributed by atoms with E-state index in [1.54, 1.807) is 16.4 Å². The molecule has 6 heteroatoms. The molecule has 3 rings (SSSR count). The number of nitrogens with zero attached hydrogens (tertiary/aromatic N) is 1. The number of carbonyl (C=O) groups excluding carboxylic acids is 1. The molecule has 0 aromatic heterocycles. The lowest BCUT2D eigenvalue weighted by Crippen LogP contribution is -2.35. The summed E-state index contributed by atoms with van der Waals surface area (Å²) >= 11 is 0. The lowest BCUT2D eigenvalue weighted by atomic mass is 10.1. The molecule has 2 aromatic rings. The molecule has 1 amide bonds. The van der Waals surface area contributed by atoms with Crippen LogP contribution in [0, 0.1) is 0 Å². The Morgan fingerprint density at radius 2 is 1.57 bits per heavy atom. The smallest absolute Gasteiger partial charge is 0.243 e. The van der Waals surface area contributed by atoms with Gasteiger partial charge in [0.15, 0.2) is 0 Å². The second-order valence-corrected chi connectivity index (χ2v) is 10.0. The summed E-state index contributed by atoms with van der Waals surface area (Å²) in [6.07, 6.45) is 5.79. The van der Waals surface area contributed by atoms with Crippen LogP contribution in [0.1, 0.15) is 50.2 Å². The molecule has 2 aromatic carbocycles. The van der Waals surface area contributed by atoms with Crippen LogP contribution in [0.4, 0.5) is 0 Å². The fourth-order valence-electron chi connectivity index (χ4n) is 3.79. The highest BCUT2D eigenvalue weighted by molar-refractivity contribution is 7.89. The first kappa shape index (κ1) is 22.5. The van der Waals surface area contributed by atoms with E-state index in [2.05, 4.69) is 17.4 Å². The Labute approximate surface area is 180 Å². The van der Waals surface area contributed by atoms with Gasteiger partial charge in [0.25, 0.3) is 0 Å². The number of carbonyl (C=O) groups is 1. The molecule has 1 fully saturated rings. The summed E-state index contributed by atoms with van der Waals surface area (Å²) in [5, 5.41) is 3.06. The van der Waals surface area contributed by atoms with Gasteiger partial charge in [-0.1, -0.05) is 48.9 Å². The number of aryl methyl sites for hydroxylation is 2. The van der Waals surface area contributed by atoms with Crippen molar-refractivity contribution < 1.29 is 13.2 Å². The number of piperidine rings is 1. The zero-order valence-electron chi connectivity index (χ0n) is 17.7. The normalized spacial score (nSPS) is 16.2. The van der Waals surface area contributed by atoms with Gasteiger partial charge in [-0.25, -0.2) is 8.42 Å². The van der Waals surface area contributed by atoms with Crippen LogP contribution in [0.2, 0.25) is 0 Å². The highest BCUT2D eigenvalue weighted by atomic mass is 32.2. The van der Waals surface area contributed by atoms with Crippen LogP contribution < -0.4 is 5.32 Å². The van der Waals surface area contributed by atoms with E-state index < -0.39 is 10.0 Å². The lowest BCUT2D eigenvalue weighted by molar-refractivity contribution is -0.121. The van der Waals surface area contributed by atoms with Crippen LogP contribution in [-0.4, -0.2) is 37.8 Å². The quantitative estimate of drug-likeness (QED) is 0.658. The highest BCUT2D eigenvalue weighted by Crippen LogP contribution is 2.21. The monoisotopic (exact) mass is 428 g/mol. The number of nitrogens with one attached hydrogen (secondary N) is 1. The van der Waals surface area contributed by atoms with Crippen molar-refractivity contribution in [2.75, 3.05) is 13.1 Å². The Bertz CT molecular complexity index is 905. The van der Waals surface area contributed by atoms with Gasteiger partial charge in [0.1, 0.15) is 0 Å². The third-order valence-electron chi connectivity index (χ3n) is 5.63. The van der Waals surface area contributed by atoms with E-state index in [1.165, 1.54) is 5.56 Å². The molecule has 5 nitrogen and oxygen atoms in total. The Balaban J connectivity index is 1.44. The third kappa shape index (κ3) is 6.41. The molecule has 0 radical (unpaired) electrons. The van der Waals surface area contributed by atoms with Crippen LogP contribution in [0.25, 0.3) is 0 Å². The molecule has 1 aliphatic heterocycles. The van der Waals surface area contributed by atoms with Crippen molar-refractivity contribution in [3.8, 4) is 0 Å². The molecule has 0 saturated carbocycles. The summed E-state index contributed by atoms with van der Waals surface area (Å²) in [4.78, 5) is 12.6. The van der Waals surface area contributed by atoms with Gasteiger partial charge in [0, 0.05) is 25.6 Å². The summed E-state index contributed by atoms with van der Waals surface area (Å²) in [7, 11) is -3.40. The van der Waals surface area contributed by atoms with Crippen molar-refractivity contribution in [1.29, 1.82) is 0 Å². The summed E-state index contributed by atoms with van der Waals surface area (Å²) in [6, 6.07) is 17.4. The molecule has 1 atom stereocenters. The zero-order chi connectivity index (χ0) is 21.4. The number of amides is 1. The van der Waals surface area contributed by atoms with Gasteiger partial charge in [-0.3, -0.25) is 4.79 Å².